The summed E-state index contributed by atoms with van der Waals surface area (Å²) in [5.41, 5.74) is 2.45. The third-order valence-electron chi connectivity index (χ3n) is 3.20. The van der Waals surface area contributed by atoms with Crippen molar-refractivity contribution >= 4 is 11.8 Å². The number of anilines is 2. The Balaban J connectivity index is 2.47. The van der Waals surface area contributed by atoms with Crippen LogP contribution in [0.5, 0.6) is 0 Å². The van der Waals surface area contributed by atoms with Gasteiger partial charge in [0.2, 0.25) is 5.95 Å². The second-order valence-corrected chi connectivity index (χ2v) is 4.15. The lowest BCUT2D eigenvalue weighted by Gasteiger charge is -2.27. The third-order valence-corrected chi connectivity index (χ3v) is 3.20. The largest absolute Gasteiger partial charge is 0.357 e. The molecule has 5 nitrogen and oxygen atoms in total. The molecule has 5 heteroatoms. The van der Waals surface area contributed by atoms with Crippen molar-refractivity contribution in [3.8, 4) is 0 Å². The van der Waals surface area contributed by atoms with E-state index in [1.807, 2.05) is 7.05 Å². The molecule has 1 aromatic rings. The van der Waals surface area contributed by atoms with Gasteiger partial charge >= 0.3 is 0 Å². The Morgan fingerprint density at radius 2 is 2.06 bits per heavy atom. The molecule has 0 radical (unpaired) electrons. The van der Waals surface area contributed by atoms with Crippen LogP contribution in [0.2, 0.25) is 0 Å². The molecule has 17 heavy (non-hydrogen) atoms. The Morgan fingerprint density at radius 3 is 2.71 bits per heavy atom. The van der Waals surface area contributed by atoms with Crippen LogP contribution in [0.3, 0.4) is 0 Å². The second kappa shape index (κ2) is 5.31. The Hall–Kier alpha value is -1.36. The van der Waals surface area contributed by atoms with Gasteiger partial charge in [-0.15, -0.1) is 0 Å². The number of aromatic nitrogens is 2. The van der Waals surface area contributed by atoms with E-state index in [-0.39, 0.29) is 0 Å². The molecule has 0 fully saturated rings. The zero-order valence-corrected chi connectivity index (χ0v) is 10.9. The molecule has 1 aliphatic rings. The zero-order valence-electron chi connectivity index (χ0n) is 10.9. The molecular formula is C12H21N5. The summed E-state index contributed by atoms with van der Waals surface area (Å²) >= 11 is 0. The Labute approximate surface area is 103 Å². The summed E-state index contributed by atoms with van der Waals surface area (Å²) in [7, 11) is 1.87. The number of nitrogens with one attached hydrogen (secondary N) is 2. The van der Waals surface area contributed by atoms with Gasteiger partial charge in [0.25, 0.3) is 0 Å². The quantitative estimate of drug-likeness (QED) is 0.816. The highest BCUT2D eigenvalue weighted by atomic mass is 15.2. The summed E-state index contributed by atoms with van der Waals surface area (Å²) in [5, 5.41) is 6.45. The molecule has 0 aromatic carbocycles. The molecule has 0 saturated heterocycles. The van der Waals surface area contributed by atoms with Gasteiger partial charge in [-0.1, -0.05) is 0 Å². The van der Waals surface area contributed by atoms with Crippen LogP contribution < -0.4 is 15.5 Å². The Morgan fingerprint density at radius 1 is 1.29 bits per heavy atom. The molecule has 94 valence electrons. The molecule has 0 aliphatic carbocycles. The van der Waals surface area contributed by atoms with Gasteiger partial charge in [0.1, 0.15) is 5.82 Å². The molecule has 2 rings (SSSR count). The number of fused-ring (bicyclic) bond motifs is 1. The van der Waals surface area contributed by atoms with Gasteiger partial charge in [0, 0.05) is 45.2 Å². The van der Waals surface area contributed by atoms with Gasteiger partial charge in [0.05, 0.1) is 5.69 Å². The highest BCUT2D eigenvalue weighted by Gasteiger charge is 2.19. The van der Waals surface area contributed by atoms with Crippen LogP contribution in [0.25, 0.3) is 0 Å². The third kappa shape index (κ3) is 2.34. The molecular weight excluding hydrogens is 214 g/mol. The fourth-order valence-electron chi connectivity index (χ4n) is 2.22. The molecule has 0 atom stereocenters. The van der Waals surface area contributed by atoms with Crippen LogP contribution in [0.1, 0.15) is 25.1 Å². The molecule has 1 aromatic heterocycles. The Bertz CT molecular complexity index is 387. The maximum Gasteiger partial charge on any atom is 0.224 e. The minimum Gasteiger partial charge on any atom is -0.357 e. The van der Waals surface area contributed by atoms with E-state index in [0.717, 1.165) is 44.4 Å². The molecule has 2 heterocycles. The minimum absolute atomic E-state index is 0.729. The highest BCUT2D eigenvalue weighted by molar-refractivity contribution is 5.53. The number of hydrogen-bond donors (Lipinski definition) is 2. The molecule has 0 spiro atoms. The smallest absolute Gasteiger partial charge is 0.224 e. The van der Waals surface area contributed by atoms with Crippen molar-refractivity contribution in [2.75, 3.05) is 36.9 Å². The van der Waals surface area contributed by atoms with Crippen molar-refractivity contribution in [2.24, 2.45) is 0 Å². The SMILES string of the molecule is CCN(CC)c1nc(NC)nc2c1CNCC2. The maximum atomic E-state index is 4.61. The first-order valence-corrected chi connectivity index (χ1v) is 6.33. The van der Waals surface area contributed by atoms with E-state index < -0.39 is 0 Å². The lowest BCUT2D eigenvalue weighted by Crippen LogP contribution is -2.31. The number of nitrogens with zero attached hydrogens (tertiary/aromatic N) is 3. The first-order valence-electron chi connectivity index (χ1n) is 6.33. The topological polar surface area (TPSA) is 53.1 Å². The summed E-state index contributed by atoms with van der Waals surface area (Å²) in [4.78, 5) is 11.5. The zero-order chi connectivity index (χ0) is 12.3. The van der Waals surface area contributed by atoms with Crippen LogP contribution in [0.4, 0.5) is 11.8 Å². The predicted molar refractivity (Wildman–Crippen MR) is 70.6 cm³/mol. The average Bonchev–Trinajstić information content (AvgIpc) is 2.39. The van der Waals surface area contributed by atoms with E-state index in [0.29, 0.717) is 0 Å². The van der Waals surface area contributed by atoms with Gasteiger partial charge in [-0.05, 0) is 13.8 Å². The van der Waals surface area contributed by atoms with E-state index in [1.54, 1.807) is 0 Å². The molecule has 0 bridgehead atoms. The molecule has 0 unspecified atom stereocenters. The van der Waals surface area contributed by atoms with Crippen molar-refractivity contribution in [1.29, 1.82) is 0 Å². The van der Waals surface area contributed by atoms with E-state index in [4.69, 9.17) is 0 Å². The van der Waals surface area contributed by atoms with E-state index in [1.165, 1.54) is 11.3 Å². The highest BCUT2D eigenvalue weighted by Crippen LogP contribution is 2.24. The lowest BCUT2D eigenvalue weighted by molar-refractivity contribution is 0.622. The first-order chi connectivity index (χ1) is 8.30. The van der Waals surface area contributed by atoms with Crippen LogP contribution in [0, 0.1) is 0 Å². The van der Waals surface area contributed by atoms with Crippen LogP contribution in [0.15, 0.2) is 0 Å². The van der Waals surface area contributed by atoms with Crippen molar-refractivity contribution in [3.63, 3.8) is 0 Å². The lowest BCUT2D eigenvalue weighted by atomic mass is 10.1. The summed E-state index contributed by atoms with van der Waals surface area (Å²) < 4.78 is 0. The average molecular weight is 235 g/mol. The standard InChI is InChI=1S/C12H21N5/c1-4-17(5-2)11-9-8-14-7-6-10(9)15-12(13-3)16-11/h14H,4-8H2,1-3H3,(H,13,15,16). The number of hydrogen-bond acceptors (Lipinski definition) is 5. The van der Waals surface area contributed by atoms with Crippen molar-refractivity contribution in [3.05, 3.63) is 11.3 Å². The molecule has 1 aliphatic heterocycles. The summed E-state index contributed by atoms with van der Waals surface area (Å²) in [6.45, 7) is 8.16. The van der Waals surface area contributed by atoms with Gasteiger partial charge < -0.3 is 15.5 Å². The van der Waals surface area contributed by atoms with Crippen molar-refractivity contribution in [1.82, 2.24) is 15.3 Å². The summed E-state index contributed by atoms with van der Waals surface area (Å²) in [5.74, 6) is 1.81. The summed E-state index contributed by atoms with van der Waals surface area (Å²) in [6.07, 6.45) is 0.987. The predicted octanol–water partition coefficient (Wildman–Crippen LogP) is 1.01. The summed E-state index contributed by atoms with van der Waals surface area (Å²) in [6, 6.07) is 0. The maximum absolute atomic E-state index is 4.61. The molecule has 0 saturated carbocycles. The van der Waals surface area contributed by atoms with E-state index >= 15 is 0 Å². The van der Waals surface area contributed by atoms with Gasteiger partial charge in [-0.25, -0.2) is 4.98 Å². The second-order valence-electron chi connectivity index (χ2n) is 4.15. The van der Waals surface area contributed by atoms with Crippen LogP contribution >= 0.6 is 0 Å². The minimum atomic E-state index is 0.729. The molecule has 2 N–H and O–H groups in total. The van der Waals surface area contributed by atoms with Crippen molar-refractivity contribution in [2.45, 2.75) is 26.8 Å². The Kier molecular flexibility index (Phi) is 3.78. The number of rotatable bonds is 4. The normalized spacial score (nSPS) is 14.3. The monoisotopic (exact) mass is 235 g/mol. The fourth-order valence-corrected chi connectivity index (χ4v) is 2.22. The fraction of sp³-hybridized carbons (Fsp3) is 0.667. The van der Waals surface area contributed by atoms with E-state index in [9.17, 15) is 0 Å². The molecule has 0 amide bonds. The van der Waals surface area contributed by atoms with Crippen molar-refractivity contribution < 1.29 is 0 Å². The van der Waals surface area contributed by atoms with Gasteiger partial charge in [-0.2, -0.15) is 4.98 Å². The van der Waals surface area contributed by atoms with Crippen LogP contribution in [-0.4, -0.2) is 36.6 Å². The van der Waals surface area contributed by atoms with Gasteiger partial charge in [-0.3, -0.25) is 0 Å². The van der Waals surface area contributed by atoms with Gasteiger partial charge in [0.15, 0.2) is 0 Å². The van der Waals surface area contributed by atoms with E-state index in [2.05, 4.69) is 39.3 Å². The van der Waals surface area contributed by atoms with Crippen LogP contribution in [-0.2, 0) is 13.0 Å². The first kappa shape index (κ1) is 12.1.